The van der Waals surface area contributed by atoms with Crippen LogP contribution < -0.4 is 0 Å². The lowest BCUT2D eigenvalue weighted by molar-refractivity contribution is -0.137. The third-order valence-corrected chi connectivity index (χ3v) is 11.0. The second-order valence-electron chi connectivity index (χ2n) is 12.8. The van der Waals surface area contributed by atoms with Crippen LogP contribution in [0.3, 0.4) is 0 Å². The van der Waals surface area contributed by atoms with E-state index in [1.54, 1.807) is 6.33 Å². The van der Waals surface area contributed by atoms with Gasteiger partial charge in [0.15, 0.2) is 0 Å². The molecule has 0 N–H and O–H groups in total. The van der Waals surface area contributed by atoms with Gasteiger partial charge in [0.1, 0.15) is 6.33 Å². The van der Waals surface area contributed by atoms with Crippen molar-refractivity contribution < 1.29 is 4.74 Å². The molecule has 4 saturated carbocycles. The Hall–Kier alpha value is -1.48. The summed E-state index contributed by atoms with van der Waals surface area (Å²) in [5.74, 6) is 4.32. The molecule has 0 spiro atoms. The molecule has 1 heterocycles. The van der Waals surface area contributed by atoms with Gasteiger partial charge in [-0.1, -0.05) is 19.9 Å². The Morgan fingerprint density at radius 1 is 0.939 bits per heavy atom. The number of hydrogen-bond acceptors (Lipinski definition) is 3. The maximum atomic E-state index is 6.29. The van der Waals surface area contributed by atoms with Gasteiger partial charge < -0.3 is 4.74 Å². The number of ether oxygens (including phenoxy) is 1. The van der Waals surface area contributed by atoms with Crippen LogP contribution in [0.15, 0.2) is 30.7 Å². The molecule has 6 rings (SSSR count). The van der Waals surface area contributed by atoms with Gasteiger partial charge in [-0.05, 0) is 130 Å². The van der Waals surface area contributed by atoms with Gasteiger partial charge in [0, 0.05) is 11.6 Å². The van der Waals surface area contributed by atoms with Crippen molar-refractivity contribution in [2.45, 2.75) is 104 Å². The minimum Gasteiger partial charge on any atom is -0.376 e. The molecule has 0 aliphatic heterocycles. The first-order valence-electron chi connectivity index (χ1n) is 13.7. The maximum absolute atomic E-state index is 6.29. The molecular weight excluding hydrogens is 404 g/mol. The molecule has 4 aliphatic carbocycles. The van der Waals surface area contributed by atoms with E-state index in [0.717, 1.165) is 29.2 Å². The Labute approximate surface area is 200 Å². The van der Waals surface area contributed by atoms with Gasteiger partial charge in [0.25, 0.3) is 0 Å². The lowest BCUT2D eigenvalue weighted by Gasteiger charge is -2.61. The molecule has 3 heteroatoms. The summed E-state index contributed by atoms with van der Waals surface area (Å²) < 4.78 is 6.29. The van der Waals surface area contributed by atoms with Crippen LogP contribution >= 0.6 is 0 Å². The Morgan fingerprint density at radius 3 is 2.61 bits per heavy atom. The van der Waals surface area contributed by atoms with E-state index in [2.05, 4.69) is 55.9 Å². The summed E-state index contributed by atoms with van der Waals surface area (Å²) >= 11 is 0. The zero-order valence-corrected chi connectivity index (χ0v) is 21.1. The van der Waals surface area contributed by atoms with Crippen LogP contribution in [0.4, 0.5) is 0 Å². The molecule has 4 fully saturated rings. The fourth-order valence-corrected chi connectivity index (χ4v) is 9.49. The summed E-state index contributed by atoms with van der Waals surface area (Å²) in [4.78, 5) is 8.73. The number of nitrogens with zero attached hydrogens (tertiary/aromatic N) is 2. The highest BCUT2D eigenvalue weighted by Crippen LogP contribution is 2.69. The summed E-state index contributed by atoms with van der Waals surface area (Å²) in [6, 6.07) is 6.99. The minimum absolute atomic E-state index is 0.364. The monoisotopic (exact) mass is 446 g/mol. The first kappa shape index (κ1) is 22.0. The van der Waals surface area contributed by atoms with Crippen LogP contribution in [-0.4, -0.2) is 22.2 Å². The first-order valence-corrected chi connectivity index (χ1v) is 13.7. The highest BCUT2D eigenvalue weighted by atomic mass is 16.5. The molecule has 3 nitrogen and oxygen atoms in total. The third-order valence-electron chi connectivity index (χ3n) is 11.0. The summed E-state index contributed by atoms with van der Waals surface area (Å²) in [7, 11) is 0. The van der Waals surface area contributed by atoms with Gasteiger partial charge in [-0.15, -0.1) is 0 Å². The van der Waals surface area contributed by atoms with Crippen LogP contribution in [0, 0.1) is 34.5 Å². The fourth-order valence-electron chi connectivity index (χ4n) is 9.49. The molecule has 0 unspecified atom stereocenters. The molecule has 8 atom stereocenters. The minimum atomic E-state index is 0.364. The highest BCUT2D eigenvalue weighted by Gasteiger charge is 2.60. The van der Waals surface area contributed by atoms with Gasteiger partial charge in [0.05, 0.1) is 17.7 Å². The Balaban J connectivity index is 1.24. The van der Waals surface area contributed by atoms with Crippen molar-refractivity contribution in [2.75, 3.05) is 0 Å². The van der Waals surface area contributed by atoms with Crippen molar-refractivity contribution >= 4 is 10.9 Å². The van der Waals surface area contributed by atoms with Crippen LogP contribution in [0.1, 0.15) is 97.0 Å². The van der Waals surface area contributed by atoms with Crippen LogP contribution in [0.5, 0.6) is 0 Å². The smallest absolute Gasteiger partial charge is 0.116 e. The summed E-state index contributed by atoms with van der Waals surface area (Å²) in [5.41, 5.74) is 3.60. The van der Waals surface area contributed by atoms with E-state index >= 15 is 0 Å². The molecule has 1 aromatic heterocycles. The summed E-state index contributed by atoms with van der Waals surface area (Å²) in [6.07, 6.45) is 17.0. The Bertz CT molecular complexity index is 1020. The van der Waals surface area contributed by atoms with Gasteiger partial charge >= 0.3 is 0 Å². The number of benzene rings is 1. The predicted molar refractivity (Wildman–Crippen MR) is 134 cm³/mol. The zero-order valence-electron chi connectivity index (χ0n) is 21.1. The standard InChI is InChI=1S/C30H42N2O/c1-19(2)33-23-11-13-29(3)22(16-23)6-7-24-26-9-8-25(30(26,4)14-12-27(24)29)20-5-10-28-21(15-20)17-31-18-32-28/h5,10,15,17-19,22-27H,6-9,11-14,16H2,1-4H3/t22-,23+,24-,25+,26-,27-,29-,30+/m0/s1. The van der Waals surface area contributed by atoms with E-state index in [-0.39, 0.29) is 0 Å². The molecule has 2 aromatic rings. The average Bonchev–Trinajstić information content (AvgIpc) is 3.16. The van der Waals surface area contributed by atoms with E-state index in [1.165, 1.54) is 68.7 Å². The van der Waals surface area contributed by atoms with E-state index in [9.17, 15) is 0 Å². The molecule has 0 radical (unpaired) electrons. The van der Waals surface area contributed by atoms with E-state index in [0.29, 0.717) is 29.0 Å². The maximum Gasteiger partial charge on any atom is 0.116 e. The second kappa shape index (κ2) is 8.04. The van der Waals surface area contributed by atoms with Gasteiger partial charge in [-0.2, -0.15) is 0 Å². The van der Waals surface area contributed by atoms with E-state index < -0.39 is 0 Å². The zero-order chi connectivity index (χ0) is 22.8. The van der Waals surface area contributed by atoms with Crippen molar-refractivity contribution in [3.63, 3.8) is 0 Å². The molecule has 178 valence electrons. The summed E-state index contributed by atoms with van der Waals surface area (Å²) in [6.45, 7) is 9.73. The fraction of sp³-hybridized carbons (Fsp3) is 0.733. The topological polar surface area (TPSA) is 35.0 Å². The first-order chi connectivity index (χ1) is 15.9. The second-order valence-corrected chi connectivity index (χ2v) is 12.8. The van der Waals surface area contributed by atoms with Gasteiger partial charge in [-0.25, -0.2) is 9.97 Å². The van der Waals surface area contributed by atoms with Crippen LogP contribution in [0.2, 0.25) is 0 Å². The van der Waals surface area contributed by atoms with E-state index in [1.807, 2.05) is 6.20 Å². The van der Waals surface area contributed by atoms with Crippen LogP contribution in [0.25, 0.3) is 10.9 Å². The molecular formula is C30H42N2O. The molecule has 0 amide bonds. The predicted octanol–water partition coefficient (Wildman–Crippen LogP) is 7.55. The van der Waals surface area contributed by atoms with Crippen molar-refractivity contribution in [3.05, 3.63) is 36.3 Å². The van der Waals surface area contributed by atoms with Gasteiger partial charge in [-0.3, -0.25) is 0 Å². The summed E-state index contributed by atoms with van der Waals surface area (Å²) in [5, 5.41) is 1.20. The van der Waals surface area contributed by atoms with Crippen molar-refractivity contribution in [2.24, 2.45) is 34.5 Å². The molecule has 4 aliphatic rings. The van der Waals surface area contributed by atoms with E-state index in [4.69, 9.17) is 4.74 Å². The number of rotatable bonds is 3. The number of aromatic nitrogens is 2. The SMILES string of the molecule is CC(C)O[C@@H]1CC[C@@]2(C)[C@@H](CC[C@@H]3[C@@H]2CC[C@]2(C)[C@@H](c4ccc5ncncc5c4)CC[C@@H]32)C1. The molecule has 0 bridgehead atoms. The van der Waals surface area contributed by atoms with Crippen LogP contribution in [-0.2, 0) is 4.74 Å². The molecule has 33 heavy (non-hydrogen) atoms. The third kappa shape index (κ3) is 3.48. The highest BCUT2D eigenvalue weighted by molar-refractivity contribution is 5.78. The molecule has 1 aromatic carbocycles. The molecule has 0 saturated heterocycles. The van der Waals surface area contributed by atoms with Crippen molar-refractivity contribution in [1.82, 2.24) is 9.97 Å². The lowest BCUT2D eigenvalue weighted by Crippen LogP contribution is -2.54. The Morgan fingerprint density at radius 2 is 1.76 bits per heavy atom. The Kier molecular flexibility index (Phi) is 5.36. The van der Waals surface area contributed by atoms with Crippen molar-refractivity contribution in [1.29, 1.82) is 0 Å². The normalized spacial score (nSPS) is 42.7. The number of hydrogen-bond donors (Lipinski definition) is 0. The average molecular weight is 447 g/mol. The van der Waals surface area contributed by atoms with Crippen molar-refractivity contribution in [3.8, 4) is 0 Å². The number of fused-ring (bicyclic) bond motifs is 6. The largest absolute Gasteiger partial charge is 0.376 e. The quantitative estimate of drug-likeness (QED) is 0.488. The van der Waals surface area contributed by atoms with Gasteiger partial charge in [0.2, 0.25) is 0 Å². The lowest BCUT2D eigenvalue weighted by atomic mass is 9.44.